The summed E-state index contributed by atoms with van der Waals surface area (Å²) in [5, 5.41) is 5.68. The number of benzene rings is 3. The van der Waals surface area contributed by atoms with Crippen LogP contribution in [0, 0.1) is 0 Å². The van der Waals surface area contributed by atoms with Gasteiger partial charge in [0, 0.05) is 12.5 Å². The van der Waals surface area contributed by atoms with Crippen molar-refractivity contribution in [2.75, 3.05) is 0 Å². The van der Waals surface area contributed by atoms with Crippen molar-refractivity contribution in [3.8, 4) is 11.5 Å². The van der Waals surface area contributed by atoms with Crippen molar-refractivity contribution < 1.29 is 49.4 Å². The quantitative estimate of drug-likeness (QED) is 0.204. The molecule has 3 aromatic rings. The summed E-state index contributed by atoms with van der Waals surface area (Å²) in [6.07, 6.45) is -14.9. The Balaban J connectivity index is 1.87. The van der Waals surface area contributed by atoms with Crippen LogP contribution >= 0.6 is 0 Å². The van der Waals surface area contributed by atoms with Crippen molar-refractivity contribution >= 4 is 6.03 Å². The first-order chi connectivity index (χ1) is 20.3. The summed E-state index contributed by atoms with van der Waals surface area (Å²) >= 11 is 0. The van der Waals surface area contributed by atoms with E-state index in [4.69, 9.17) is 0 Å². The molecule has 1 fully saturated rings. The van der Waals surface area contributed by atoms with Crippen molar-refractivity contribution in [2.45, 2.75) is 68.8 Å². The summed E-state index contributed by atoms with van der Waals surface area (Å²) in [7, 11) is 0. The second kappa shape index (κ2) is 13.1. The van der Waals surface area contributed by atoms with Gasteiger partial charge in [0.05, 0.1) is 5.54 Å². The molecule has 0 unspecified atom stereocenters. The third-order valence-corrected chi connectivity index (χ3v) is 7.00. The van der Waals surface area contributed by atoms with Crippen LogP contribution in [0.2, 0.25) is 0 Å². The summed E-state index contributed by atoms with van der Waals surface area (Å²) in [5.41, 5.74) is -1.10. The molecule has 0 radical (unpaired) electrons. The summed E-state index contributed by atoms with van der Waals surface area (Å²) < 4.78 is 116. The third-order valence-electron chi connectivity index (χ3n) is 7.00. The fraction of sp³-hybridized carbons (Fsp3) is 0.367. The highest BCUT2D eigenvalue weighted by Gasteiger charge is 2.46. The van der Waals surface area contributed by atoms with E-state index in [2.05, 4.69) is 20.1 Å². The van der Waals surface area contributed by atoms with Gasteiger partial charge >= 0.3 is 31.1 Å². The zero-order valence-electron chi connectivity index (χ0n) is 22.5. The summed E-state index contributed by atoms with van der Waals surface area (Å²) in [4.78, 5) is 13.4. The molecule has 4 rings (SSSR count). The van der Waals surface area contributed by atoms with Crippen LogP contribution in [0.5, 0.6) is 11.5 Å². The molecule has 0 bridgehead atoms. The molecule has 1 aliphatic rings. The molecule has 5 nitrogen and oxygen atoms in total. The number of carbonyl (C=O) groups is 1. The SMILES string of the molecule is O=C(NC1CCCC1)NC(Cc1ccccc1)(c1cccc(OC(F)(F)C(F)F)c1)c1cccc(OC(F)(F)C(F)F)c1. The van der Waals surface area contributed by atoms with E-state index in [0.29, 0.717) is 18.4 Å². The minimum atomic E-state index is -4.84. The van der Waals surface area contributed by atoms with E-state index < -0.39 is 48.1 Å². The molecular formula is C30H28F8N2O3. The van der Waals surface area contributed by atoms with Crippen LogP contribution in [0.4, 0.5) is 39.9 Å². The van der Waals surface area contributed by atoms with Gasteiger partial charge in [-0.2, -0.15) is 35.1 Å². The Labute approximate surface area is 242 Å². The summed E-state index contributed by atoms with van der Waals surface area (Å²) in [5.74, 6) is -1.34. The van der Waals surface area contributed by atoms with Gasteiger partial charge in [0.25, 0.3) is 0 Å². The first kappa shape index (κ1) is 31.9. The highest BCUT2D eigenvalue weighted by Crippen LogP contribution is 2.39. The van der Waals surface area contributed by atoms with Gasteiger partial charge in [-0.05, 0) is 53.8 Å². The zero-order chi connectivity index (χ0) is 31.3. The van der Waals surface area contributed by atoms with Crippen molar-refractivity contribution in [2.24, 2.45) is 0 Å². The second-order valence-electron chi connectivity index (χ2n) is 10.1. The van der Waals surface area contributed by atoms with Gasteiger partial charge in [0.2, 0.25) is 0 Å². The number of carbonyl (C=O) groups excluding carboxylic acids is 1. The Bertz CT molecular complexity index is 1300. The predicted octanol–water partition coefficient (Wildman–Crippen LogP) is 7.89. The van der Waals surface area contributed by atoms with Gasteiger partial charge in [-0.15, -0.1) is 0 Å². The van der Waals surface area contributed by atoms with Crippen molar-refractivity contribution in [1.29, 1.82) is 0 Å². The van der Waals surface area contributed by atoms with Crippen LogP contribution in [-0.4, -0.2) is 37.1 Å². The summed E-state index contributed by atoms with van der Waals surface area (Å²) in [6.45, 7) is 0. The maximum absolute atomic E-state index is 13.8. The highest BCUT2D eigenvalue weighted by molar-refractivity contribution is 5.76. The predicted molar refractivity (Wildman–Crippen MR) is 141 cm³/mol. The molecule has 3 aromatic carbocycles. The van der Waals surface area contributed by atoms with Gasteiger partial charge < -0.3 is 20.1 Å². The van der Waals surface area contributed by atoms with Crippen LogP contribution in [0.15, 0.2) is 78.9 Å². The molecule has 0 spiro atoms. The Morgan fingerprint density at radius 1 is 0.744 bits per heavy atom. The second-order valence-corrected chi connectivity index (χ2v) is 10.1. The van der Waals surface area contributed by atoms with Crippen LogP contribution in [0.25, 0.3) is 0 Å². The van der Waals surface area contributed by atoms with E-state index in [0.717, 1.165) is 37.1 Å². The van der Waals surface area contributed by atoms with E-state index in [9.17, 15) is 39.9 Å². The lowest BCUT2D eigenvalue weighted by molar-refractivity contribution is -0.253. The lowest BCUT2D eigenvalue weighted by Gasteiger charge is -2.37. The number of halogens is 8. The largest absolute Gasteiger partial charge is 0.461 e. The summed E-state index contributed by atoms with van der Waals surface area (Å²) in [6, 6.07) is 16.9. The zero-order valence-corrected chi connectivity index (χ0v) is 22.5. The molecule has 0 atom stereocenters. The average Bonchev–Trinajstić information content (AvgIpc) is 3.46. The Morgan fingerprint density at radius 2 is 1.23 bits per heavy atom. The van der Waals surface area contributed by atoms with E-state index in [-0.39, 0.29) is 23.6 Å². The molecule has 0 aliphatic heterocycles. The standard InChI is InChI=1S/C30H28F8N2O3/c31-25(32)29(35,36)42-23-14-6-10-20(16-23)28(18-19-8-2-1-3-9-19,40-27(41)39-22-12-4-5-13-22)21-11-7-15-24(17-21)43-30(37,38)26(33)34/h1-3,6-11,14-17,22,25-26H,4-5,12-13,18H2,(H2,39,40,41). The van der Waals surface area contributed by atoms with Gasteiger partial charge in [0.1, 0.15) is 11.5 Å². The minimum absolute atomic E-state index is 0.0401. The van der Waals surface area contributed by atoms with Crippen LogP contribution in [0.3, 0.4) is 0 Å². The minimum Gasteiger partial charge on any atom is -0.428 e. The Hall–Kier alpha value is -4.03. The molecule has 0 heterocycles. The van der Waals surface area contributed by atoms with E-state index in [1.807, 2.05) is 0 Å². The van der Waals surface area contributed by atoms with Gasteiger partial charge in [0.15, 0.2) is 0 Å². The number of urea groups is 1. The van der Waals surface area contributed by atoms with Crippen molar-refractivity contribution in [3.05, 3.63) is 95.6 Å². The number of amides is 2. The van der Waals surface area contributed by atoms with Crippen molar-refractivity contribution in [3.63, 3.8) is 0 Å². The monoisotopic (exact) mass is 616 g/mol. The first-order valence-corrected chi connectivity index (χ1v) is 13.3. The lowest BCUT2D eigenvalue weighted by atomic mass is 9.77. The number of alkyl halides is 8. The average molecular weight is 617 g/mol. The third kappa shape index (κ3) is 7.88. The molecule has 0 aromatic heterocycles. The molecule has 2 N–H and O–H groups in total. The van der Waals surface area contributed by atoms with E-state index in [1.165, 1.54) is 24.3 Å². The number of rotatable bonds is 12. The molecule has 1 aliphatic carbocycles. The molecule has 0 saturated heterocycles. The smallest absolute Gasteiger partial charge is 0.428 e. The Morgan fingerprint density at radius 3 is 1.70 bits per heavy atom. The fourth-order valence-electron chi connectivity index (χ4n) is 5.00. The topological polar surface area (TPSA) is 59.6 Å². The van der Waals surface area contributed by atoms with Crippen molar-refractivity contribution in [1.82, 2.24) is 10.6 Å². The lowest BCUT2D eigenvalue weighted by Crippen LogP contribution is -2.53. The number of ether oxygens (including phenoxy) is 2. The molecular weight excluding hydrogens is 588 g/mol. The van der Waals surface area contributed by atoms with Crippen LogP contribution in [-0.2, 0) is 12.0 Å². The molecule has 232 valence electrons. The number of hydrogen-bond donors (Lipinski definition) is 2. The maximum Gasteiger partial charge on any atom is 0.461 e. The number of hydrogen-bond acceptors (Lipinski definition) is 3. The van der Waals surface area contributed by atoms with Gasteiger partial charge in [-0.3, -0.25) is 0 Å². The normalized spacial score (nSPS) is 14.7. The van der Waals surface area contributed by atoms with E-state index in [1.54, 1.807) is 30.3 Å². The molecule has 2 amide bonds. The maximum atomic E-state index is 13.8. The van der Waals surface area contributed by atoms with Crippen LogP contribution < -0.4 is 20.1 Å². The van der Waals surface area contributed by atoms with Crippen LogP contribution in [0.1, 0.15) is 42.4 Å². The highest BCUT2D eigenvalue weighted by atomic mass is 19.3. The first-order valence-electron chi connectivity index (χ1n) is 13.3. The molecule has 13 heteroatoms. The molecule has 1 saturated carbocycles. The van der Waals surface area contributed by atoms with Gasteiger partial charge in [-0.25, -0.2) is 4.79 Å². The fourth-order valence-corrected chi connectivity index (χ4v) is 5.00. The van der Waals surface area contributed by atoms with Gasteiger partial charge in [-0.1, -0.05) is 67.4 Å². The number of nitrogens with one attached hydrogen (secondary N) is 2. The van der Waals surface area contributed by atoms with E-state index >= 15 is 0 Å². The Kier molecular flexibility index (Phi) is 9.71. The molecule has 43 heavy (non-hydrogen) atoms.